The second kappa shape index (κ2) is 7.94. The van der Waals surface area contributed by atoms with Crippen molar-refractivity contribution in [2.45, 2.75) is 32.4 Å². The monoisotopic (exact) mass is 433 g/mol. The second-order valence-corrected chi connectivity index (χ2v) is 8.34. The lowest BCUT2D eigenvalue weighted by Gasteiger charge is -2.23. The largest absolute Gasteiger partial charge is 0.389 e. The summed E-state index contributed by atoms with van der Waals surface area (Å²) in [5.74, 6) is -0.305. The molecule has 2 aromatic rings. The van der Waals surface area contributed by atoms with E-state index in [0.29, 0.717) is 41.6 Å². The molecule has 0 spiro atoms. The van der Waals surface area contributed by atoms with Crippen LogP contribution < -0.4 is 10.6 Å². The maximum atomic E-state index is 13.4. The third-order valence-corrected chi connectivity index (χ3v) is 5.69. The molecule has 0 bridgehead atoms. The molecule has 1 fully saturated rings. The lowest BCUT2D eigenvalue weighted by atomic mass is 10.1. The molecule has 1 saturated heterocycles. The number of halogens is 3. The van der Waals surface area contributed by atoms with Gasteiger partial charge in [0.15, 0.2) is 11.7 Å². The fraction of sp³-hybridized carbons (Fsp3) is 0.333. The summed E-state index contributed by atoms with van der Waals surface area (Å²) in [6.45, 7) is 5.55. The normalized spacial score (nSPS) is 21.1. The Bertz CT molecular complexity index is 1050. The van der Waals surface area contributed by atoms with E-state index in [1.165, 1.54) is 0 Å². The number of aromatic nitrogens is 1. The van der Waals surface area contributed by atoms with E-state index in [1.54, 1.807) is 30.5 Å². The fourth-order valence-corrected chi connectivity index (χ4v) is 3.85. The van der Waals surface area contributed by atoms with Gasteiger partial charge in [0.25, 0.3) is 0 Å². The molecule has 0 saturated carbocycles. The molecule has 0 radical (unpaired) electrons. The molecule has 9 heteroatoms. The maximum Gasteiger partial charge on any atom is 0.312 e. The van der Waals surface area contributed by atoms with Crippen LogP contribution in [0.4, 0.5) is 20.2 Å². The standard InChI is InChI=1S/C21H22ClF2N5O/c1-12-14(22)4-3-5-15(12)26-19-17-16(27-20(28-19)18(23)24)8-13(9-25-17)10-29-7-6-21(2,30)11-29/h3-5,8-9,27,30H,6-7,10-11H2,1-2H3,(H,26,28)/t21-/m1/s1. The van der Waals surface area contributed by atoms with Crippen molar-refractivity contribution in [3.8, 4) is 0 Å². The van der Waals surface area contributed by atoms with Gasteiger partial charge in [0.2, 0.25) is 0 Å². The molecule has 2 aliphatic rings. The van der Waals surface area contributed by atoms with Gasteiger partial charge in [-0.05, 0) is 49.6 Å². The SMILES string of the molecule is Cc1c(Cl)cccc1NC1=NC(=C(F)F)Nc2cc(CN3CC[C@@](C)(O)C3)cnc21. The smallest absolute Gasteiger partial charge is 0.312 e. The first kappa shape index (κ1) is 20.7. The molecule has 1 aromatic heterocycles. The van der Waals surface area contributed by atoms with Gasteiger partial charge in [-0.15, -0.1) is 0 Å². The molecule has 2 aliphatic heterocycles. The van der Waals surface area contributed by atoms with Crippen LogP contribution in [-0.2, 0) is 6.54 Å². The highest BCUT2D eigenvalue weighted by Crippen LogP contribution is 2.30. The predicted molar refractivity (Wildman–Crippen MR) is 114 cm³/mol. The molecule has 3 N–H and O–H groups in total. The van der Waals surface area contributed by atoms with Crippen LogP contribution in [0.15, 0.2) is 47.4 Å². The van der Waals surface area contributed by atoms with Gasteiger partial charge < -0.3 is 15.7 Å². The molecule has 1 atom stereocenters. The number of aliphatic imine (C=N–C) groups is 1. The number of hydrogen-bond acceptors (Lipinski definition) is 6. The molecule has 0 unspecified atom stereocenters. The zero-order valence-electron chi connectivity index (χ0n) is 16.6. The van der Waals surface area contributed by atoms with Gasteiger partial charge in [-0.2, -0.15) is 8.78 Å². The van der Waals surface area contributed by atoms with Crippen molar-refractivity contribution >= 4 is 28.8 Å². The van der Waals surface area contributed by atoms with Crippen molar-refractivity contribution in [1.29, 1.82) is 0 Å². The number of anilines is 2. The van der Waals surface area contributed by atoms with Crippen molar-refractivity contribution in [2.75, 3.05) is 23.7 Å². The Morgan fingerprint density at radius 2 is 2.20 bits per heavy atom. The Balaban J connectivity index is 1.64. The summed E-state index contributed by atoms with van der Waals surface area (Å²) < 4.78 is 26.8. The minimum absolute atomic E-state index is 0.215. The lowest BCUT2D eigenvalue weighted by molar-refractivity contribution is 0.0679. The molecule has 0 amide bonds. The van der Waals surface area contributed by atoms with E-state index in [9.17, 15) is 13.9 Å². The van der Waals surface area contributed by atoms with Crippen LogP contribution in [0, 0.1) is 6.92 Å². The molecule has 30 heavy (non-hydrogen) atoms. The van der Waals surface area contributed by atoms with E-state index < -0.39 is 17.5 Å². The van der Waals surface area contributed by atoms with Gasteiger partial charge in [0, 0.05) is 36.5 Å². The van der Waals surface area contributed by atoms with Crippen molar-refractivity contribution in [3.63, 3.8) is 0 Å². The van der Waals surface area contributed by atoms with Crippen LogP contribution >= 0.6 is 11.6 Å². The topological polar surface area (TPSA) is 72.8 Å². The summed E-state index contributed by atoms with van der Waals surface area (Å²) >= 11 is 6.17. The number of likely N-dealkylation sites (tertiary alicyclic amines) is 1. The lowest BCUT2D eigenvalue weighted by Crippen LogP contribution is -2.29. The first-order chi connectivity index (χ1) is 14.2. The number of β-amino-alcohol motifs (C(OH)–C–C–N with tert-alkyl or cyclic N) is 1. The second-order valence-electron chi connectivity index (χ2n) is 7.93. The van der Waals surface area contributed by atoms with Crippen LogP contribution in [0.5, 0.6) is 0 Å². The summed E-state index contributed by atoms with van der Waals surface area (Å²) in [6, 6.07) is 7.12. The first-order valence-electron chi connectivity index (χ1n) is 9.59. The number of fused-ring (bicyclic) bond motifs is 1. The van der Waals surface area contributed by atoms with E-state index in [4.69, 9.17) is 11.6 Å². The summed E-state index contributed by atoms with van der Waals surface area (Å²) in [5.41, 5.74) is 2.49. The quantitative estimate of drug-likeness (QED) is 0.671. The Kier molecular flexibility index (Phi) is 5.48. The van der Waals surface area contributed by atoms with Gasteiger partial charge in [0.1, 0.15) is 5.69 Å². The van der Waals surface area contributed by atoms with Crippen molar-refractivity contribution in [3.05, 3.63) is 64.2 Å². The maximum absolute atomic E-state index is 13.4. The van der Waals surface area contributed by atoms with Crippen molar-refractivity contribution in [1.82, 2.24) is 9.88 Å². The molecule has 6 nitrogen and oxygen atoms in total. The van der Waals surface area contributed by atoms with Crippen LogP contribution in [0.25, 0.3) is 0 Å². The minimum atomic E-state index is -1.91. The number of nitrogens with one attached hydrogen (secondary N) is 2. The fourth-order valence-electron chi connectivity index (χ4n) is 3.68. The molecule has 4 rings (SSSR count). The van der Waals surface area contributed by atoms with E-state index in [0.717, 1.165) is 17.7 Å². The third-order valence-electron chi connectivity index (χ3n) is 5.28. The summed E-state index contributed by atoms with van der Waals surface area (Å²) in [6.07, 6.45) is 0.489. The zero-order valence-corrected chi connectivity index (χ0v) is 17.4. The van der Waals surface area contributed by atoms with Crippen molar-refractivity contribution < 1.29 is 13.9 Å². The first-order valence-corrected chi connectivity index (χ1v) is 9.97. The molecular formula is C21H22ClF2N5O. The van der Waals surface area contributed by atoms with E-state index >= 15 is 0 Å². The average molecular weight is 434 g/mol. The van der Waals surface area contributed by atoms with Gasteiger partial charge in [0.05, 0.1) is 11.3 Å². The molecule has 0 aliphatic carbocycles. The Morgan fingerprint density at radius 3 is 2.90 bits per heavy atom. The number of aliphatic hydroxyl groups is 1. The van der Waals surface area contributed by atoms with E-state index in [2.05, 4.69) is 25.5 Å². The molecule has 158 valence electrons. The van der Waals surface area contributed by atoms with Crippen LogP contribution in [0.3, 0.4) is 0 Å². The summed E-state index contributed by atoms with van der Waals surface area (Å²) in [4.78, 5) is 10.6. The Labute approximate surface area is 178 Å². The average Bonchev–Trinajstić information content (AvgIpc) is 3.03. The summed E-state index contributed by atoms with van der Waals surface area (Å²) in [7, 11) is 0. The number of hydrogen-bond donors (Lipinski definition) is 3. The van der Waals surface area contributed by atoms with Crippen LogP contribution in [0.2, 0.25) is 5.02 Å². The van der Waals surface area contributed by atoms with E-state index in [-0.39, 0.29) is 5.84 Å². The predicted octanol–water partition coefficient (Wildman–Crippen LogP) is 4.35. The van der Waals surface area contributed by atoms with Crippen LogP contribution in [-0.4, -0.2) is 39.5 Å². The van der Waals surface area contributed by atoms with E-state index in [1.807, 2.05) is 13.8 Å². The number of amidine groups is 1. The van der Waals surface area contributed by atoms with Gasteiger partial charge >= 0.3 is 6.08 Å². The number of nitrogens with zero attached hydrogens (tertiary/aromatic N) is 3. The van der Waals surface area contributed by atoms with Crippen molar-refractivity contribution in [2.24, 2.45) is 4.99 Å². The highest BCUT2D eigenvalue weighted by atomic mass is 35.5. The molecular weight excluding hydrogens is 412 g/mol. The van der Waals surface area contributed by atoms with Crippen LogP contribution in [0.1, 0.15) is 30.2 Å². The molecule has 3 heterocycles. The number of benzene rings is 1. The highest BCUT2D eigenvalue weighted by molar-refractivity contribution is 6.31. The van der Waals surface area contributed by atoms with Gasteiger partial charge in [-0.1, -0.05) is 17.7 Å². The molecule has 1 aromatic carbocycles. The number of pyridine rings is 1. The van der Waals surface area contributed by atoms with Gasteiger partial charge in [-0.3, -0.25) is 9.88 Å². The highest BCUT2D eigenvalue weighted by Gasteiger charge is 2.31. The van der Waals surface area contributed by atoms with Gasteiger partial charge in [-0.25, -0.2) is 4.99 Å². The number of rotatable bonds is 3. The zero-order chi connectivity index (χ0) is 21.5. The third kappa shape index (κ3) is 4.30. The summed E-state index contributed by atoms with van der Waals surface area (Å²) in [5, 5.41) is 16.5. The Hall–Kier alpha value is -2.55. The minimum Gasteiger partial charge on any atom is -0.389 e. The Morgan fingerprint density at radius 1 is 1.40 bits per heavy atom.